The van der Waals surface area contributed by atoms with Crippen molar-refractivity contribution in [3.05, 3.63) is 42.0 Å². The minimum Gasteiger partial charge on any atom is -0.458 e. The van der Waals surface area contributed by atoms with Crippen LogP contribution in [0.1, 0.15) is 25.3 Å². The first-order valence-corrected chi connectivity index (χ1v) is 5.70. The van der Waals surface area contributed by atoms with Gasteiger partial charge < -0.3 is 9.84 Å². The van der Waals surface area contributed by atoms with Gasteiger partial charge in [-0.3, -0.25) is 4.79 Å². The molecule has 0 amide bonds. The van der Waals surface area contributed by atoms with E-state index in [0.717, 1.165) is 5.56 Å². The van der Waals surface area contributed by atoms with Gasteiger partial charge in [0.25, 0.3) is 0 Å². The molecule has 0 aromatic heterocycles. The highest BCUT2D eigenvalue weighted by molar-refractivity contribution is 5.72. The second-order valence-corrected chi connectivity index (χ2v) is 4.68. The summed E-state index contributed by atoms with van der Waals surface area (Å²) in [5.41, 5.74) is 0.0925. The lowest BCUT2D eigenvalue weighted by molar-refractivity contribution is -0.163. The van der Waals surface area contributed by atoms with Crippen molar-refractivity contribution in [2.45, 2.75) is 31.5 Å². The first kappa shape index (κ1) is 11.9. The van der Waals surface area contributed by atoms with Gasteiger partial charge in [0.15, 0.2) is 0 Å². The molecule has 1 aromatic rings. The van der Waals surface area contributed by atoms with Crippen molar-refractivity contribution in [1.82, 2.24) is 0 Å². The second kappa shape index (κ2) is 4.72. The lowest BCUT2D eigenvalue weighted by Gasteiger charge is -2.31. The van der Waals surface area contributed by atoms with Crippen LogP contribution in [0.5, 0.6) is 0 Å². The third-order valence-electron chi connectivity index (χ3n) is 2.75. The van der Waals surface area contributed by atoms with Crippen LogP contribution in [0.4, 0.5) is 0 Å². The molecule has 90 valence electrons. The Balaban J connectivity index is 2.04. The Labute approximate surface area is 101 Å². The molecule has 1 aliphatic heterocycles. The topological polar surface area (TPSA) is 46.5 Å². The molecular formula is C14H16O3. The summed E-state index contributed by atoms with van der Waals surface area (Å²) in [6.07, 6.45) is 3.90. The summed E-state index contributed by atoms with van der Waals surface area (Å²) in [6, 6.07) is 9.78. The molecule has 0 radical (unpaired) electrons. The van der Waals surface area contributed by atoms with E-state index in [1.807, 2.05) is 42.5 Å². The van der Waals surface area contributed by atoms with E-state index in [0.29, 0.717) is 6.42 Å². The maximum absolute atomic E-state index is 11.3. The number of carbonyl (C=O) groups is 1. The molecular weight excluding hydrogens is 216 g/mol. The molecule has 0 saturated carbocycles. The predicted octanol–water partition coefficient (Wildman–Crippen LogP) is 2.16. The monoisotopic (exact) mass is 232 g/mol. The van der Waals surface area contributed by atoms with Crippen molar-refractivity contribution >= 4 is 12.0 Å². The minimum atomic E-state index is -0.957. The lowest BCUT2D eigenvalue weighted by atomic mass is 9.92. The fourth-order valence-corrected chi connectivity index (χ4v) is 1.96. The van der Waals surface area contributed by atoms with Gasteiger partial charge in [0.05, 0.1) is 12.0 Å². The van der Waals surface area contributed by atoms with Crippen LogP contribution in [0.2, 0.25) is 0 Å². The molecule has 2 atom stereocenters. The Hall–Kier alpha value is -1.61. The van der Waals surface area contributed by atoms with Crippen molar-refractivity contribution in [3.8, 4) is 0 Å². The molecule has 1 aliphatic rings. The van der Waals surface area contributed by atoms with Gasteiger partial charge >= 0.3 is 5.97 Å². The van der Waals surface area contributed by atoms with Crippen LogP contribution in [-0.4, -0.2) is 22.8 Å². The minimum absolute atomic E-state index is 0.0721. The van der Waals surface area contributed by atoms with Crippen molar-refractivity contribution in [2.75, 3.05) is 0 Å². The second-order valence-electron chi connectivity index (χ2n) is 4.68. The molecule has 2 rings (SSSR count). The van der Waals surface area contributed by atoms with Gasteiger partial charge in [0.1, 0.15) is 6.10 Å². The van der Waals surface area contributed by atoms with E-state index in [-0.39, 0.29) is 18.5 Å². The number of carbonyl (C=O) groups excluding carboxylic acids is 1. The molecule has 0 spiro atoms. The zero-order valence-electron chi connectivity index (χ0n) is 9.80. The summed E-state index contributed by atoms with van der Waals surface area (Å²) in [5.74, 6) is -0.344. The Bertz CT molecular complexity index is 420. The molecule has 1 fully saturated rings. The Morgan fingerprint density at radius 3 is 2.76 bits per heavy atom. The van der Waals surface area contributed by atoms with Crippen LogP contribution < -0.4 is 0 Å². The van der Waals surface area contributed by atoms with Crippen LogP contribution in [0, 0.1) is 0 Å². The zero-order valence-corrected chi connectivity index (χ0v) is 9.80. The zero-order chi connectivity index (χ0) is 12.3. The van der Waals surface area contributed by atoms with Gasteiger partial charge in [-0.2, -0.15) is 0 Å². The van der Waals surface area contributed by atoms with E-state index >= 15 is 0 Å². The van der Waals surface area contributed by atoms with E-state index in [1.165, 1.54) is 0 Å². The normalized spacial score (nSPS) is 29.3. The standard InChI is InChI=1S/C14H16O3/c1-14(16)9-12(17-13(15)10-14)8-7-11-5-3-2-4-6-11/h2-8,12,16H,9-10H2,1H3. The number of benzene rings is 1. The molecule has 0 aliphatic carbocycles. The highest BCUT2D eigenvalue weighted by Gasteiger charge is 2.34. The van der Waals surface area contributed by atoms with Gasteiger partial charge in [-0.25, -0.2) is 0 Å². The van der Waals surface area contributed by atoms with E-state index in [2.05, 4.69) is 0 Å². The Morgan fingerprint density at radius 2 is 2.12 bits per heavy atom. The quantitative estimate of drug-likeness (QED) is 0.795. The van der Waals surface area contributed by atoms with E-state index < -0.39 is 5.60 Å². The average molecular weight is 232 g/mol. The number of esters is 1. The van der Waals surface area contributed by atoms with Gasteiger partial charge in [-0.15, -0.1) is 0 Å². The van der Waals surface area contributed by atoms with Gasteiger partial charge in [-0.05, 0) is 18.6 Å². The van der Waals surface area contributed by atoms with Crippen molar-refractivity contribution in [1.29, 1.82) is 0 Å². The lowest BCUT2D eigenvalue weighted by Crippen LogP contribution is -2.40. The summed E-state index contributed by atoms with van der Waals surface area (Å²) in [7, 11) is 0. The largest absolute Gasteiger partial charge is 0.458 e. The number of hydrogen-bond donors (Lipinski definition) is 1. The number of aliphatic hydroxyl groups is 1. The van der Waals surface area contributed by atoms with Crippen molar-refractivity contribution < 1.29 is 14.6 Å². The molecule has 1 aromatic carbocycles. The maximum Gasteiger partial charge on any atom is 0.309 e. The number of cyclic esters (lactones) is 1. The molecule has 1 N–H and O–H groups in total. The molecule has 17 heavy (non-hydrogen) atoms. The predicted molar refractivity (Wildman–Crippen MR) is 65.2 cm³/mol. The van der Waals surface area contributed by atoms with Crippen LogP contribution in [0.15, 0.2) is 36.4 Å². The van der Waals surface area contributed by atoms with Gasteiger partial charge in [0.2, 0.25) is 0 Å². The summed E-state index contributed by atoms with van der Waals surface area (Å²) in [4.78, 5) is 11.3. The maximum atomic E-state index is 11.3. The smallest absolute Gasteiger partial charge is 0.309 e. The summed E-state index contributed by atoms with van der Waals surface area (Å²) < 4.78 is 5.16. The number of ether oxygens (including phenoxy) is 1. The summed E-state index contributed by atoms with van der Waals surface area (Å²) in [5, 5.41) is 9.88. The highest BCUT2D eigenvalue weighted by Crippen LogP contribution is 2.26. The average Bonchev–Trinajstić information content (AvgIpc) is 2.25. The Kier molecular flexibility index (Phi) is 3.29. The van der Waals surface area contributed by atoms with Crippen LogP contribution in [0.3, 0.4) is 0 Å². The summed E-state index contributed by atoms with van der Waals surface area (Å²) in [6.45, 7) is 1.66. The third kappa shape index (κ3) is 3.43. The molecule has 3 heteroatoms. The first-order chi connectivity index (χ1) is 8.05. The number of rotatable bonds is 2. The highest BCUT2D eigenvalue weighted by atomic mass is 16.5. The van der Waals surface area contributed by atoms with Crippen molar-refractivity contribution in [3.63, 3.8) is 0 Å². The van der Waals surface area contributed by atoms with Crippen LogP contribution in [-0.2, 0) is 9.53 Å². The van der Waals surface area contributed by atoms with Crippen LogP contribution >= 0.6 is 0 Å². The first-order valence-electron chi connectivity index (χ1n) is 5.70. The number of hydrogen-bond acceptors (Lipinski definition) is 3. The van der Waals surface area contributed by atoms with E-state index in [4.69, 9.17) is 4.74 Å². The van der Waals surface area contributed by atoms with Crippen molar-refractivity contribution in [2.24, 2.45) is 0 Å². The fraction of sp³-hybridized carbons (Fsp3) is 0.357. The molecule has 1 saturated heterocycles. The van der Waals surface area contributed by atoms with Crippen LogP contribution in [0.25, 0.3) is 6.08 Å². The SMILES string of the molecule is CC1(O)CC(=O)OC(C=Cc2ccccc2)C1. The molecule has 3 nitrogen and oxygen atoms in total. The van der Waals surface area contributed by atoms with Gasteiger partial charge in [-0.1, -0.05) is 36.4 Å². The molecule has 0 bridgehead atoms. The fourth-order valence-electron chi connectivity index (χ4n) is 1.96. The van der Waals surface area contributed by atoms with E-state index in [9.17, 15) is 9.90 Å². The summed E-state index contributed by atoms with van der Waals surface area (Å²) >= 11 is 0. The molecule has 1 heterocycles. The van der Waals surface area contributed by atoms with E-state index in [1.54, 1.807) is 6.92 Å². The van der Waals surface area contributed by atoms with Gasteiger partial charge in [0, 0.05) is 6.42 Å². The Morgan fingerprint density at radius 1 is 1.41 bits per heavy atom. The molecule has 2 unspecified atom stereocenters. The third-order valence-corrected chi connectivity index (χ3v) is 2.75.